The van der Waals surface area contributed by atoms with Gasteiger partial charge in [-0.05, 0) is 61.2 Å². The Morgan fingerprint density at radius 3 is 1.40 bits per heavy atom. The molecule has 0 aromatic rings. The molecule has 0 amide bonds. The highest BCUT2D eigenvalue weighted by Crippen LogP contribution is 2.81. The van der Waals surface area contributed by atoms with E-state index in [4.69, 9.17) is 0 Å². The molecule has 54 valence electrons. The molecule has 3 aliphatic rings. The van der Waals surface area contributed by atoms with Crippen LogP contribution < -0.4 is 0 Å². The maximum absolute atomic E-state index is 1.65. The van der Waals surface area contributed by atoms with Crippen LogP contribution in [0.3, 0.4) is 0 Å². The van der Waals surface area contributed by atoms with Gasteiger partial charge in [-0.2, -0.15) is 0 Å². The molecule has 0 nitrogen and oxygen atoms in total. The summed E-state index contributed by atoms with van der Waals surface area (Å²) < 4.78 is 0. The molecule has 0 unspecified atom stereocenters. The first-order valence-corrected chi connectivity index (χ1v) is 4.79. The molecule has 0 aromatic heterocycles. The molecule has 0 atom stereocenters. The molecule has 2 spiro atoms. The van der Waals surface area contributed by atoms with Crippen molar-refractivity contribution in [3.63, 3.8) is 0 Å². The van der Waals surface area contributed by atoms with Crippen LogP contribution in [0.25, 0.3) is 0 Å². The molecule has 0 heteroatoms. The van der Waals surface area contributed by atoms with Crippen molar-refractivity contribution in [1.82, 2.24) is 0 Å². The lowest BCUT2D eigenvalue weighted by Crippen LogP contribution is -2.49. The molecule has 0 saturated heterocycles. The molecule has 3 rings (SSSR count). The first kappa shape index (κ1) is 4.79. The normalized spacial score (nSPS) is 74.4. The standard InChI is InChI=1S/C10H14/c1-7-2-10-4-8(7)3-9(1,5-10)6-10/h7-8H,1-6H2. The number of hydrogen-bond acceptors (Lipinski definition) is 0. The zero-order valence-electron chi connectivity index (χ0n) is 6.40. The third kappa shape index (κ3) is 0.302. The van der Waals surface area contributed by atoms with Gasteiger partial charge in [0.2, 0.25) is 0 Å². The van der Waals surface area contributed by atoms with E-state index < -0.39 is 0 Å². The number of fused-ring (bicyclic) bond motifs is 1. The highest BCUT2D eigenvalue weighted by molar-refractivity contribution is 5.20. The molecule has 0 N–H and O–H groups in total. The van der Waals surface area contributed by atoms with Crippen LogP contribution in [-0.2, 0) is 0 Å². The Labute approximate surface area is 62.0 Å². The first-order chi connectivity index (χ1) is 4.79. The molecule has 3 aliphatic carbocycles. The molecule has 0 bridgehead atoms. The van der Waals surface area contributed by atoms with Crippen molar-refractivity contribution in [1.29, 1.82) is 0 Å². The van der Waals surface area contributed by atoms with E-state index in [1.54, 1.807) is 38.5 Å². The Kier molecular flexibility index (Phi) is 0.479. The molecule has 10 heavy (non-hydrogen) atoms. The van der Waals surface area contributed by atoms with E-state index in [0.717, 1.165) is 10.8 Å². The van der Waals surface area contributed by atoms with Gasteiger partial charge in [-0.3, -0.25) is 0 Å². The summed E-state index contributed by atoms with van der Waals surface area (Å²) in [6.45, 7) is 0. The topological polar surface area (TPSA) is 0 Å². The predicted molar refractivity (Wildman–Crippen MR) is 39.5 cm³/mol. The van der Waals surface area contributed by atoms with E-state index in [1.165, 1.54) is 11.8 Å². The summed E-state index contributed by atoms with van der Waals surface area (Å²) in [6, 6.07) is 0. The van der Waals surface area contributed by atoms with Crippen LogP contribution in [0.1, 0.15) is 38.5 Å². The number of hydrogen-bond donors (Lipinski definition) is 0. The molecule has 0 radical (unpaired) electrons. The fourth-order valence-electron chi connectivity index (χ4n) is 5.32. The van der Waals surface area contributed by atoms with Gasteiger partial charge in [-0.1, -0.05) is 0 Å². The second-order valence-electron chi connectivity index (χ2n) is 5.69. The Balaban J connectivity index is 1.97. The van der Waals surface area contributed by atoms with Crippen LogP contribution in [0.2, 0.25) is 0 Å². The summed E-state index contributed by atoms with van der Waals surface area (Å²) in [5.41, 5.74) is 1.90. The summed E-state index contributed by atoms with van der Waals surface area (Å²) in [5, 5.41) is 0. The fraction of sp³-hybridized carbons (Fsp3) is 1.00. The van der Waals surface area contributed by atoms with Gasteiger partial charge in [-0.15, -0.1) is 0 Å². The van der Waals surface area contributed by atoms with Crippen LogP contribution in [0.15, 0.2) is 0 Å². The van der Waals surface area contributed by atoms with Gasteiger partial charge in [0, 0.05) is 0 Å². The van der Waals surface area contributed by atoms with Gasteiger partial charge in [0.25, 0.3) is 0 Å². The molecule has 3 fully saturated rings. The largest absolute Gasteiger partial charge is 0.0444 e. The maximum atomic E-state index is 1.65. The average molecular weight is 134 g/mol. The third-order valence-electron chi connectivity index (χ3n) is 4.95. The lowest BCUT2D eigenvalue weighted by Gasteiger charge is -2.60. The second kappa shape index (κ2) is 1.00. The van der Waals surface area contributed by atoms with Crippen LogP contribution in [0.5, 0.6) is 0 Å². The lowest BCUT2D eigenvalue weighted by atomic mass is 9.45. The van der Waals surface area contributed by atoms with E-state index in [9.17, 15) is 0 Å². The van der Waals surface area contributed by atoms with Gasteiger partial charge in [0.05, 0.1) is 0 Å². The molecule has 3 saturated carbocycles. The summed E-state index contributed by atoms with van der Waals surface area (Å²) >= 11 is 0. The first-order valence-electron chi connectivity index (χ1n) is 4.79. The monoisotopic (exact) mass is 134 g/mol. The molecule has 0 aliphatic heterocycles. The lowest BCUT2D eigenvalue weighted by molar-refractivity contribution is -0.0915. The van der Waals surface area contributed by atoms with Crippen molar-refractivity contribution in [2.75, 3.05) is 0 Å². The van der Waals surface area contributed by atoms with Crippen molar-refractivity contribution in [3.8, 4) is 0 Å². The summed E-state index contributed by atoms with van der Waals surface area (Å²) in [7, 11) is 0. The molecular formula is C10H14. The van der Waals surface area contributed by atoms with E-state index >= 15 is 0 Å². The zero-order valence-corrected chi connectivity index (χ0v) is 6.40. The average Bonchev–Trinajstić information content (AvgIpc) is 2.10. The quantitative estimate of drug-likeness (QED) is 0.477. The second-order valence-corrected chi connectivity index (χ2v) is 5.69. The molecular weight excluding hydrogens is 120 g/mol. The van der Waals surface area contributed by atoms with Gasteiger partial charge in [0.1, 0.15) is 0 Å². The van der Waals surface area contributed by atoms with E-state index in [-0.39, 0.29) is 0 Å². The SMILES string of the molecule is C1C2CC34CC2CC1(C3)C4. The Morgan fingerprint density at radius 2 is 1.10 bits per heavy atom. The van der Waals surface area contributed by atoms with Gasteiger partial charge >= 0.3 is 0 Å². The predicted octanol–water partition coefficient (Wildman–Crippen LogP) is 2.59. The zero-order chi connectivity index (χ0) is 6.40. The highest BCUT2D eigenvalue weighted by Gasteiger charge is 2.70. The maximum Gasteiger partial charge on any atom is -0.0281 e. The third-order valence-corrected chi connectivity index (χ3v) is 4.95. The minimum absolute atomic E-state index is 0.950. The highest BCUT2D eigenvalue weighted by atomic mass is 14.7. The van der Waals surface area contributed by atoms with Crippen molar-refractivity contribution in [2.45, 2.75) is 38.5 Å². The van der Waals surface area contributed by atoms with Gasteiger partial charge in [0.15, 0.2) is 0 Å². The van der Waals surface area contributed by atoms with E-state index in [0.29, 0.717) is 0 Å². The van der Waals surface area contributed by atoms with Crippen molar-refractivity contribution in [2.24, 2.45) is 22.7 Å². The summed E-state index contributed by atoms with van der Waals surface area (Å²) in [4.78, 5) is 0. The molecule has 0 aromatic carbocycles. The van der Waals surface area contributed by atoms with Crippen LogP contribution in [0.4, 0.5) is 0 Å². The minimum atomic E-state index is 0.950. The van der Waals surface area contributed by atoms with Gasteiger partial charge < -0.3 is 0 Å². The van der Waals surface area contributed by atoms with Crippen LogP contribution in [0, 0.1) is 22.7 Å². The Bertz CT molecular complexity index is 157. The Hall–Kier alpha value is 0. The Morgan fingerprint density at radius 1 is 0.700 bits per heavy atom. The summed E-state index contributed by atoms with van der Waals surface area (Å²) in [5.74, 6) is 2.42. The fourth-order valence-corrected chi connectivity index (χ4v) is 5.32. The van der Waals surface area contributed by atoms with Crippen molar-refractivity contribution < 1.29 is 0 Å². The minimum Gasteiger partial charge on any atom is -0.0444 e. The van der Waals surface area contributed by atoms with Crippen molar-refractivity contribution in [3.05, 3.63) is 0 Å². The van der Waals surface area contributed by atoms with E-state index in [2.05, 4.69) is 0 Å². The molecule has 0 heterocycles. The smallest absolute Gasteiger partial charge is 0.0281 e. The van der Waals surface area contributed by atoms with Crippen LogP contribution in [-0.4, -0.2) is 0 Å². The van der Waals surface area contributed by atoms with Crippen LogP contribution >= 0.6 is 0 Å². The van der Waals surface area contributed by atoms with E-state index in [1.807, 2.05) is 0 Å². The number of rotatable bonds is 0. The summed E-state index contributed by atoms with van der Waals surface area (Å²) in [6.07, 6.45) is 9.84. The van der Waals surface area contributed by atoms with Gasteiger partial charge in [-0.25, -0.2) is 0 Å². The van der Waals surface area contributed by atoms with Crippen molar-refractivity contribution >= 4 is 0 Å².